The number of amides is 1. The number of methoxy groups -OCH3 is 1. The fraction of sp³-hybridized carbons (Fsp3) is 0.0870. The van der Waals surface area contributed by atoms with Gasteiger partial charge in [-0.1, -0.05) is 29.8 Å². The molecule has 146 valence electrons. The van der Waals surface area contributed by atoms with Crippen LogP contribution in [0.25, 0.3) is 0 Å². The molecule has 0 saturated heterocycles. The number of esters is 1. The van der Waals surface area contributed by atoms with Gasteiger partial charge in [0, 0.05) is 0 Å². The molecule has 0 aliphatic rings. The topological polar surface area (TPSA) is 77.0 Å². The van der Waals surface area contributed by atoms with Gasteiger partial charge in [-0.3, -0.25) is 4.79 Å². The number of aryl methyl sites for hydroxylation is 1. The molecule has 0 spiro atoms. The molecule has 0 radical (unpaired) electrons. The van der Waals surface area contributed by atoms with Crippen molar-refractivity contribution in [2.75, 3.05) is 7.11 Å². The highest BCUT2D eigenvalue weighted by atomic mass is 16.5. The zero-order chi connectivity index (χ0) is 20.6. The molecule has 6 heteroatoms. The first-order valence-electron chi connectivity index (χ1n) is 8.92. The van der Waals surface area contributed by atoms with Crippen molar-refractivity contribution in [2.24, 2.45) is 5.10 Å². The van der Waals surface area contributed by atoms with E-state index >= 15 is 0 Å². The number of rotatable bonds is 6. The number of hydrogen-bond acceptors (Lipinski definition) is 5. The van der Waals surface area contributed by atoms with Crippen LogP contribution in [0, 0.1) is 6.92 Å². The zero-order valence-corrected chi connectivity index (χ0v) is 16.1. The molecule has 1 N–H and O–H groups in total. The monoisotopic (exact) mass is 388 g/mol. The molecule has 6 nitrogen and oxygen atoms in total. The first-order chi connectivity index (χ1) is 14.1. The average Bonchev–Trinajstić information content (AvgIpc) is 2.75. The number of benzene rings is 3. The van der Waals surface area contributed by atoms with Crippen molar-refractivity contribution in [1.29, 1.82) is 0 Å². The van der Waals surface area contributed by atoms with Crippen molar-refractivity contribution in [2.45, 2.75) is 6.92 Å². The summed E-state index contributed by atoms with van der Waals surface area (Å²) in [5.41, 5.74) is 5.15. The normalized spacial score (nSPS) is 10.6. The van der Waals surface area contributed by atoms with Crippen LogP contribution in [-0.4, -0.2) is 25.2 Å². The van der Waals surface area contributed by atoms with Gasteiger partial charge in [0.25, 0.3) is 5.91 Å². The van der Waals surface area contributed by atoms with Crippen LogP contribution in [0.4, 0.5) is 0 Å². The molecule has 3 rings (SSSR count). The summed E-state index contributed by atoms with van der Waals surface area (Å²) in [4.78, 5) is 24.3. The summed E-state index contributed by atoms with van der Waals surface area (Å²) in [6.45, 7) is 1.95. The predicted octanol–water partition coefficient (Wildman–Crippen LogP) is 3.99. The maximum Gasteiger partial charge on any atom is 0.343 e. The molecule has 0 fully saturated rings. The highest BCUT2D eigenvalue weighted by Crippen LogP contribution is 2.17. The molecule has 0 saturated carbocycles. The lowest BCUT2D eigenvalue weighted by molar-refractivity contribution is 0.0734. The molecule has 3 aromatic carbocycles. The molecular formula is C23H20N2O4. The summed E-state index contributed by atoms with van der Waals surface area (Å²) in [5, 5.41) is 3.95. The second-order valence-electron chi connectivity index (χ2n) is 6.22. The van der Waals surface area contributed by atoms with Crippen LogP contribution in [0.15, 0.2) is 77.9 Å². The van der Waals surface area contributed by atoms with Gasteiger partial charge in [-0.2, -0.15) is 5.10 Å². The Morgan fingerprint density at radius 1 is 0.931 bits per heavy atom. The summed E-state index contributed by atoms with van der Waals surface area (Å²) >= 11 is 0. The lowest BCUT2D eigenvalue weighted by Gasteiger charge is -2.06. The van der Waals surface area contributed by atoms with Crippen LogP contribution in [-0.2, 0) is 0 Å². The van der Waals surface area contributed by atoms with Gasteiger partial charge in [-0.15, -0.1) is 0 Å². The number of para-hydroxylation sites is 1. The second kappa shape index (κ2) is 9.32. The van der Waals surface area contributed by atoms with Crippen LogP contribution >= 0.6 is 0 Å². The van der Waals surface area contributed by atoms with Crippen molar-refractivity contribution in [1.82, 2.24) is 5.43 Å². The molecule has 0 aromatic heterocycles. The zero-order valence-electron chi connectivity index (χ0n) is 16.1. The van der Waals surface area contributed by atoms with E-state index in [0.29, 0.717) is 22.6 Å². The van der Waals surface area contributed by atoms with Crippen LogP contribution in [0.3, 0.4) is 0 Å². The van der Waals surface area contributed by atoms with Crippen LogP contribution in [0.5, 0.6) is 11.5 Å². The van der Waals surface area contributed by atoms with E-state index in [1.54, 1.807) is 60.7 Å². The van der Waals surface area contributed by atoms with Gasteiger partial charge in [0.1, 0.15) is 11.5 Å². The second-order valence-corrected chi connectivity index (χ2v) is 6.22. The van der Waals surface area contributed by atoms with Gasteiger partial charge in [0.15, 0.2) is 0 Å². The Morgan fingerprint density at radius 3 is 2.31 bits per heavy atom. The molecule has 0 bridgehead atoms. The third kappa shape index (κ3) is 5.29. The average molecular weight is 388 g/mol. The lowest BCUT2D eigenvalue weighted by Crippen LogP contribution is -2.18. The van der Waals surface area contributed by atoms with E-state index in [2.05, 4.69) is 10.5 Å². The highest BCUT2D eigenvalue weighted by Gasteiger charge is 2.10. The summed E-state index contributed by atoms with van der Waals surface area (Å²) < 4.78 is 10.5. The largest absolute Gasteiger partial charge is 0.496 e. The van der Waals surface area contributed by atoms with Gasteiger partial charge in [0.2, 0.25) is 0 Å². The molecule has 0 aliphatic heterocycles. The minimum absolute atomic E-state index is 0.373. The summed E-state index contributed by atoms with van der Waals surface area (Å²) in [6.07, 6.45) is 1.50. The number of carbonyl (C=O) groups excluding carboxylic acids is 2. The number of nitrogens with zero attached hydrogens (tertiary/aromatic N) is 1. The number of carbonyl (C=O) groups is 2. The Labute approximate surface area is 168 Å². The summed E-state index contributed by atoms with van der Waals surface area (Å²) in [6, 6.07) is 20.8. The van der Waals surface area contributed by atoms with Gasteiger partial charge >= 0.3 is 5.97 Å². The molecule has 0 aliphatic carbocycles. The van der Waals surface area contributed by atoms with E-state index in [-0.39, 0.29) is 5.91 Å². The molecule has 0 atom stereocenters. The number of hydrazone groups is 1. The Kier molecular flexibility index (Phi) is 6.37. The van der Waals surface area contributed by atoms with E-state index < -0.39 is 5.97 Å². The minimum Gasteiger partial charge on any atom is -0.496 e. The first kappa shape index (κ1) is 19.8. The molecule has 0 unspecified atom stereocenters. The molecule has 29 heavy (non-hydrogen) atoms. The quantitative estimate of drug-likeness (QED) is 0.300. The highest BCUT2D eigenvalue weighted by molar-refractivity contribution is 5.97. The maximum absolute atomic E-state index is 12.2. The number of ether oxygens (including phenoxy) is 2. The Balaban J connectivity index is 1.58. The van der Waals surface area contributed by atoms with Crippen molar-refractivity contribution < 1.29 is 19.1 Å². The summed E-state index contributed by atoms with van der Waals surface area (Å²) in [7, 11) is 1.50. The van der Waals surface area contributed by atoms with Crippen LogP contribution in [0.2, 0.25) is 0 Å². The van der Waals surface area contributed by atoms with Gasteiger partial charge in [0.05, 0.1) is 24.5 Å². The fourth-order valence-electron chi connectivity index (χ4n) is 2.54. The van der Waals surface area contributed by atoms with E-state index in [0.717, 1.165) is 11.1 Å². The summed E-state index contributed by atoms with van der Waals surface area (Å²) in [5.74, 6) is 0.101. The Morgan fingerprint density at radius 2 is 1.62 bits per heavy atom. The molecule has 0 heterocycles. The standard InChI is InChI=1S/C23H20N2O4/c1-16-7-11-18(12-8-16)23(27)29-19-13-9-17(10-14-19)15-24-25-22(26)20-5-3-4-6-21(20)28-2/h3-15H,1-2H3,(H,25,26)/b24-15+. The van der Waals surface area contributed by atoms with Gasteiger partial charge in [-0.25, -0.2) is 10.2 Å². The van der Waals surface area contributed by atoms with Crippen molar-refractivity contribution in [3.05, 3.63) is 95.1 Å². The number of hydrogen-bond donors (Lipinski definition) is 1. The molecule has 3 aromatic rings. The third-order valence-corrected chi connectivity index (χ3v) is 4.11. The van der Waals surface area contributed by atoms with Crippen molar-refractivity contribution in [3.8, 4) is 11.5 Å². The SMILES string of the molecule is COc1ccccc1C(=O)N/N=C/c1ccc(OC(=O)c2ccc(C)cc2)cc1. The van der Waals surface area contributed by atoms with E-state index in [9.17, 15) is 9.59 Å². The van der Waals surface area contributed by atoms with Crippen LogP contribution < -0.4 is 14.9 Å². The van der Waals surface area contributed by atoms with Crippen molar-refractivity contribution in [3.63, 3.8) is 0 Å². The van der Waals surface area contributed by atoms with Crippen molar-refractivity contribution >= 4 is 18.1 Å². The predicted molar refractivity (Wildman–Crippen MR) is 111 cm³/mol. The van der Waals surface area contributed by atoms with E-state index in [1.807, 2.05) is 19.1 Å². The number of nitrogens with one attached hydrogen (secondary N) is 1. The van der Waals surface area contributed by atoms with Gasteiger partial charge < -0.3 is 9.47 Å². The molecule has 1 amide bonds. The lowest BCUT2D eigenvalue weighted by atomic mass is 10.1. The Bertz CT molecular complexity index is 1030. The van der Waals surface area contributed by atoms with E-state index in [4.69, 9.17) is 9.47 Å². The Hall–Kier alpha value is -3.93. The smallest absolute Gasteiger partial charge is 0.343 e. The van der Waals surface area contributed by atoms with Gasteiger partial charge in [-0.05, 0) is 61.0 Å². The molecular weight excluding hydrogens is 368 g/mol. The first-order valence-corrected chi connectivity index (χ1v) is 8.92. The van der Waals surface area contributed by atoms with Crippen LogP contribution in [0.1, 0.15) is 31.8 Å². The maximum atomic E-state index is 12.2. The van der Waals surface area contributed by atoms with E-state index in [1.165, 1.54) is 13.3 Å². The minimum atomic E-state index is -0.421. The fourth-order valence-corrected chi connectivity index (χ4v) is 2.54. The third-order valence-electron chi connectivity index (χ3n) is 4.11.